The fourth-order valence-corrected chi connectivity index (χ4v) is 2.40. The number of hydrogen-bond donors (Lipinski definition) is 3. The fraction of sp³-hybridized carbons (Fsp3) is 0.400. The lowest BCUT2D eigenvalue weighted by molar-refractivity contribution is 0.394. The topological polar surface area (TPSA) is 55.7 Å². The number of piperazine rings is 1. The summed E-state index contributed by atoms with van der Waals surface area (Å²) in [6, 6.07) is 4.91. The van der Waals surface area contributed by atoms with Crippen molar-refractivity contribution in [1.29, 1.82) is 0 Å². The Kier molecular flexibility index (Phi) is 3.35. The average molecular weight is 226 g/mol. The van der Waals surface area contributed by atoms with Gasteiger partial charge in [-0.15, -0.1) is 0 Å². The molecular formula is C10H14N2O2S. The van der Waals surface area contributed by atoms with Crippen molar-refractivity contribution in [2.75, 3.05) is 26.2 Å². The number of phenolic OH excluding ortho intramolecular Hbond substituents is 2. The van der Waals surface area contributed by atoms with E-state index in [9.17, 15) is 5.11 Å². The molecule has 0 radical (unpaired) electrons. The van der Waals surface area contributed by atoms with Crippen LogP contribution < -0.4 is 5.32 Å². The highest BCUT2D eigenvalue weighted by molar-refractivity contribution is 7.97. The van der Waals surface area contributed by atoms with Gasteiger partial charge in [0, 0.05) is 31.1 Å². The summed E-state index contributed by atoms with van der Waals surface area (Å²) in [5.74, 6) is -0.130. The number of aromatic hydroxyl groups is 2. The van der Waals surface area contributed by atoms with Crippen LogP contribution in [0, 0.1) is 0 Å². The summed E-state index contributed by atoms with van der Waals surface area (Å²) in [7, 11) is 0. The van der Waals surface area contributed by atoms with E-state index in [0.717, 1.165) is 31.1 Å². The highest BCUT2D eigenvalue weighted by Gasteiger charge is 2.11. The van der Waals surface area contributed by atoms with Gasteiger partial charge < -0.3 is 15.5 Å². The van der Waals surface area contributed by atoms with Gasteiger partial charge in [0.1, 0.15) is 0 Å². The minimum atomic E-state index is -0.0698. The molecule has 1 aliphatic rings. The molecule has 1 aromatic rings. The third kappa shape index (κ3) is 2.77. The molecule has 4 nitrogen and oxygen atoms in total. The average Bonchev–Trinajstić information content (AvgIpc) is 2.25. The molecule has 1 aromatic carbocycles. The van der Waals surface area contributed by atoms with Gasteiger partial charge in [0.05, 0.1) is 0 Å². The Hall–Kier alpha value is -0.910. The highest BCUT2D eigenvalue weighted by Crippen LogP contribution is 2.31. The zero-order valence-electron chi connectivity index (χ0n) is 8.31. The number of hydrogen-bond acceptors (Lipinski definition) is 5. The Morgan fingerprint density at radius 2 is 1.87 bits per heavy atom. The summed E-state index contributed by atoms with van der Waals surface area (Å²) < 4.78 is 2.24. The first-order chi connectivity index (χ1) is 7.25. The predicted octanol–water partition coefficient (Wildman–Crippen LogP) is 1.01. The number of phenols is 2. The molecule has 0 bridgehead atoms. The van der Waals surface area contributed by atoms with Crippen LogP contribution in [-0.2, 0) is 0 Å². The summed E-state index contributed by atoms with van der Waals surface area (Å²) in [5.41, 5.74) is 0. The Labute approximate surface area is 93.0 Å². The van der Waals surface area contributed by atoms with E-state index in [4.69, 9.17) is 5.11 Å². The Balaban J connectivity index is 2.00. The van der Waals surface area contributed by atoms with Crippen LogP contribution in [0.1, 0.15) is 0 Å². The third-order valence-corrected chi connectivity index (χ3v) is 3.35. The van der Waals surface area contributed by atoms with Crippen molar-refractivity contribution in [2.45, 2.75) is 4.90 Å². The van der Waals surface area contributed by atoms with E-state index < -0.39 is 0 Å². The number of benzene rings is 1. The Bertz CT molecular complexity index is 340. The van der Waals surface area contributed by atoms with Gasteiger partial charge in [0.2, 0.25) is 0 Å². The molecule has 0 spiro atoms. The fourth-order valence-electron chi connectivity index (χ4n) is 1.44. The maximum Gasteiger partial charge on any atom is 0.158 e. The van der Waals surface area contributed by atoms with Gasteiger partial charge in [-0.2, -0.15) is 0 Å². The molecule has 1 saturated heterocycles. The van der Waals surface area contributed by atoms with Gasteiger partial charge >= 0.3 is 0 Å². The largest absolute Gasteiger partial charge is 0.504 e. The second kappa shape index (κ2) is 4.74. The van der Waals surface area contributed by atoms with Crippen LogP contribution >= 0.6 is 11.9 Å². The first kappa shape index (κ1) is 10.6. The van der Waals surface area contributed by atoms with Crippen molar-refractivity contribution in [3.8, 4) is 11.5 Å². The number of rotatable bonds is 2. The molecule has 0 aromatic heterocycles. The normalized spacial score (nSPS) is 17.9. The second-order valence-electron chi connectivity index (χ2n) is 3.42. The molecule has 5 heteroatoms. The van der Waals surface area contributed by atoms with Crippen molar-refractivity contribution in [2.24, 2.45) is 0 Å². The van der Waals surface area contributed by atoms with Crippen LogP contribution in [0.2, 0.25) is 0 Å². The Morgan fingerprint density at radius 3 is 2.53 bits per heavy atom. The van der Waals surface area contributed by atoms with Crippen LogP contribution in [0.5, 0.6) is 11.5 Å². The van der Waals surface area contributed by atoms with Crippen LogP contribution in [-0.4, -0.2) is 40.7 Å². The molecule has 0 unspecified atom stereocenters. The van der Waals surface area contributed by atoms with E-state index in [-0.39, 0.29) is 11.5 Å². The molecule has 0 amide bonds. The first-order valence-electron chi connectivity index (χ1n) is 4.91. The van der Waals surface area contributed by atoms with Crippen LogP contribution in [0.4, 0.5) is 0 Å². The van der Waals surface area contributed by atoms with Gasteiger partial charge in [-0.3, -0.25) is 0 Å². The first-order valence-corrected chi connectivity index (χ1v) is 5.68. The maximum absolute atomic E-state index is 9.34. The summed E-state index contributed by atoms with van der Waals surface area (Å²) in [5, 5.41) is 21.8. The monoisotopic (exact) mass is 226 g/mol. The molecular weight excluding hydrogens is 212 g/mol. The van der Waals surface area contributed by atoms with E-state index >= 15 is 0 Å². The third-order valence-electron chi connectivity index (χ3n) is 2.26. The van der Waals surface area contributed by atoms with Crippen molar-refractivity contribution >= 4 is 11.9 Å². The van der Waals surface area contributed by atoms with E-state index in [1.807, 2.05) is 6.07 Å². The highest BCUT2D eigenvalue weighted by atomic mass is 32.2. The molecule has 15 heavy (non-hydrogen) atoms. The van der Waals surface area contributed by atoms with Gasteiger partial charge in [-0.1, -0.05) is 0 Å². The zero-order valence-corrected chi connectivity index (χ0v) is 9.13. The lowest BCUT2D eigenvalue weighted by atomic mass is 10.3. The summed E-state index contributed by atoms with van der Waals surface area (Å²) in [6.45, 7) is 3.98. The minimum Gasteiger partial charge on any atom is -0.504 e. The molecule has 0 atom stereocenters. The molecule has 1 heterocycles. The van der Waals surface area contributed by atoms with Gasteiger partial charge in [0.25, 0.3) is 0 Å². The van der Waals surface area contributed by atoms with E-state index in [2.05, 4.69) is 9.62 Å². The summed E-state index contributed by atoms with van der Waals surface area (Å²) in [6.07, 6.45) is 0. The molecule has 2 rings (SSSR count). The van der Waals surface area contributed by atoms with Crippen LogP contribution in [0.25, 0.3) is 0 Å². The predicted molar refractivity (Wildman–Crippen MR) is 60.1 cm³/mol. The number of nitrogens with one attached hydrogen (secondary N) is 1. The summed E-state index contributed by atoms with van der Waals surface area (Å²) in [4.78, 5) is 0.951. The quantitative estimate of drug-likeness (QED) is 0.519. The lowest BCUT2D eigenvalue weighted by Gasteiger charge is -2.25. The van der Waals surface area contributed by atoms with Gasteiger partial charge in [0.15, 0.2) is 11.5 Å². The van der Waals surface area contributed by atoms with Crippen molar-refractivity contribution in [1.82, 2.24) is 9.62 Å². The van der Waals surface area contributed by atoms with Gasteiger partial charge in [-0.05, 0) is 30.1 Å². The van der Waals surface area contributed by atoms with Crippen LogP contribution in [0.15, 0.2) is 23.1 Å². The zero-order chi connectivity index (χ0) is 10.7. The minimum absolute atomic E-state index is 0.0601. The number of nitrogens with zero attached hydrogens (tertiary/aromatic N) is 1. The van der Waals surface area contributed by atoms with Crippen molar-refractivity contribution in [3.05, 3.63) is 18.2 Å². The smallest absolute Gasteiger partial charge is 0.158 e. The van der Waals surface area contributed by atoms with E-state index in [0.29, 0.717) is 0 Å². The van der Waals surface area contributed by atoms with E-state index in [1.165, 1.54) is 6.07 Å². The summed E-state index contributed by atoms with van der Waals surface area (Å²) >= 11 is 1.61. The van der Waals surface area contributed by atoms with Crippen molar-refractivity contribution < 1.29 is 10.2 Å². The lowest BCUT2D eigenvalue weighted by Crippen LogP contribution is -2.39. The maximum atomic E-state index is 9.34. The standard InChI is InChI=1S/C10H14N2O2S/c13-9-2-1-8(7-10(9)14)15-12-5-3-11-4-6-12/h1-2,7,11,13-14H,3-6H2. The van der Waals surface area contributed by atoms with Gasteiger partial charge in [-0.25, -0.2) is 4.31 Å². The van der Waals surface area contributed by atoms with E-state index in [1.54, 1.807) is 18.0 Å². The SMILES string of the molecule is Oc1ccc(SN2CCNCC2)cc1O. The van der Waals surface area contributed by atoms with Crippen molar-refractivity contribution in [3.63, 3.8) is 0 Å². The molecule has 1 aliphatic heterocycles. The molecule has 1 fully saturated rings. The molecule has 3 N–H and O–H groups in total. The Morgan fingerprint density at radius 1 is 1.13 bits per heavy atom. The molecule has 0 saturated carbocycles. The molecule has 0 aliphatic carbocycles. The second-order valence-corrected chi connectivity index (χ2v) is 4.59. The molecule has 82 valence electrons. The van der Waals surface area contributed by atoms with Crippen LogP contribution in [0.3, 0.4) is 0 Å².